The first-order chi connectivity index (χ1) is 14.7. The molecule has 2 heterocycles. The molecule has 0 aliphatic carbocycles. The van der Waals surface area contributed by atoms with Crippen LogP contribution in [0.25, 0.3) is 0 Å². The smallest absolute Gasteiger partial charge is 0.220 e. The summed E-state index contributed by atoms with van der Waals surface area (Å²) in [5, 5.41) is 4.63. The molecule has 2 aliphatic heterocycles. The van der Waals surface area contributed by atoms with Crippen LogP contribution in [0.15, 0.2) is 77.4 Å². The van der Waals surface area contributed by atoms with E-state index >= 15 is 0 Å². The molecule has 4 rings (SSSR count). The van der Waals surface area contributed by atoms with E-state index < -0.39 is 0 Å². The predicted octanol–water partition coefficient (Wildman–Crippen LogP) is 3.12. The zero-order valence-corrected chi connectivity index (χ0v) is 17.1. The summed E-state index contributed by atoms with van der Waals surface area (Å²) >= 11 is 0. The maximum absolute atomic E-state index is 6.18. The first-order valence-electron chi connectivity index (χ1n) is 10.0. The van der Waals surface area contributed by atoms with E-state index in [-0.39, 0.29) is 13.5 Å². The lowest BCUT2D eigenvalue weighted by Crippen LogP contribution is -2.46. The van der Waals surface area contributed by atoms with Gasteiger partial charge in [-0.1, -0.05) is 48.0 Å². The third-order valence-electron chi connectivity index (χ3n) is 4.99. The zero-order valence-electron chi connectivity index (χ0n) is 17.1. The number of allylic oxidation sites excluding steroid dienone is 2. The summed E-state index contributed by atoms with van der Waals surface area (Å²) in [6.07, 6.45) is 7.21. The van der Waals surface area contributed by atoms with Gasteiger partial charge in [0.15, 0.2) is 13.5 Å². The molecule has 0 bridgehead atoms. The number of hydrogen-bond donors (Lipinski definition) is 2. The van der Waals surface area contributed by atoms with Gasteiger partial charge < -0.3 is 10.2 Å². The normalized spacial score (nSPS) is 18.2. The number of rotatable bonds is 5. The number of nitrogens with two attached hydrogens (primary N) is 1. The Kier molecular flexibility index (Phi) is 6.44. The molecule has 30 heavy (non-hydrogen) atoms. The zero-order chi connectivity index (χ0) is 20.8. The van der Waals surface area contributed by atoms with Gasteiger partial charge in [-0.3, -0.25) is 5.01 Å². The molecular weight excluding hydrogens is 378 g/mol. The summed E-state index contributed by atoms with van der Waals surface area (Å²) in [7, 11) is 0. The van der Waals surface area contributed by atoms with Crippen LogP contribution >= 0.6 is 0 Å². The van der Waals surface area contributed by atoms with Crippen molar-refractivity contribution in [1.29, 1.82) is 0 Å². The maximum atomic E-state index is 6.18. The molecule has 2 aromatic carbocycles. The number of hydrazine groups is 1. The monoisotopic (exact) mass is 405 g/mol. The van der Waals surface area contributed by atoms with E-state index in [0.717, 1.165) is 24.2 Å². The molecule has 156 valence electrons. The van der Waals surface area contributed by atoms with E-state index in [2.05, 4.69) is 60.8 Å². The molecule has 0 spiro atoms. The lowest BCUT2D eigenvalue weighted by molar-refractivity contribution is -0.314. The highest BCUT2D eigenvalue weighted by atomic mass is 17.2. The van der Waals surface area contributed by atoms with Crippen molar-refractivity contribution in [2.45, 2.75) is 19.9 Å². The van der Waals surface area contributed by atoms with E-state index in [0.29, 0.717) is 12.5 Å². The van der Waals surface area contributed by atoms with Crippen LogP contribution in [-0.2, 0) is 22.7 Å². The number of benzene rings is 2. The van der Waals surface area contributed by atoms with Gasteiger partial charge in [0.2, 0.25) is 5.96 Å². The summed E-state index contributed by atoms with van der Waals surface area (Å²) in [4.78, 5) is 17.1. The van der Waals surface area contributed by atoms with Gasteiger partial charge in [-0.05, 0) is 54.5 Å². The van der Waals surface area contributed by atoms with Crippen LogP contribution in [0.4, 0.5) is 5.69 Å². The van der Waals surface area contributed by atoms with Gasteiger partial charge in [-0.25, -0.2) is 20.6 Å². The lowest BCUT2D eigenvalue weighted by Gasteiger charge is -2.26. The van der Waals surface area contributed by atoms with Crippen molar-refractivity contribution in [1.82, 2.24) is 15.2 Å². The van der Waals surface area contributed by atoms with Gasteiger partial charge in [0.1, 0.15) is 0 Å². The van der Waals surface area contributed by atoms with Crippen molar-refractivity contribution in [3.8, 4) is 0 Å². The molecule has 1 saturated heterocycles. The number of nitrogens with one attached hydrogen (secondary N) is 1. The molecule has 0 aromatic heterocycles. The second-order valence-electron chi connectivity index (χ2n) is 7.42. The summed E-state index contributed by atoms with van der Waals surface area (Å²) < 4.78 is 0. The fraction of sp³-hybridized carbons (Fsp3) is 0.261. The third kappa shape index (κ3) is 5.27. The predicted molar refractivity (Wildman–Crippen MR) is 117 cm³/mol. The average molecular weight is 406 g/mol. The first-order valence-corrected chi connectivity index (χ1v) is 10.0. The molecule has 0 saturated carbocycles. The van der Waals surface area contributed by atoms with Gasteiger partial charge in [-0.15, -0.1) is 0 Å². The topological polar surface area (TPSA) is 75.4 Å². The molecule has 2 aliphatic rings. The van der Waals surface area contributed by atoms with Gasteiger partial charge in [0.25, 0.3) is 0 Å². The van der Waals surface area contributed by atoms with Crippen molar-refractivity contribution in [2.24, 2.45) is 10.8 Å². The van der Waals surface area contributed by atoms with Crippen LogP contribution in [0, 0.1) is 6.92 Å². The molecule has 0 unspecified atom stereocenters. The lowest BCUT2D eigenvalue weighted by atomic mass is 10.0. The number of guanidine groups is 1. The molecule has 0 atom stereocenters. The molecule has 1 fully saturated rings. The molecular formula is C23H27N5O2. The van der Waals surface area contributed by atoms with Crippen LogP contribution in [0.5, 0.6) is 0 Å². The minimum atomic E-state index is 0.107. The minimum absolute atomic E-state index is 0.107. The fourth-order valence-electron chi connectivity index (χ4n) is 3.32. The maximum Gasteiger partial charge on any atom is 0.220 e. The highest BCUT2D eigenvalue weighted by Gasteiger charge is 2.21. The van der Waals surface area contributed by atoms with Crippen LogP contribution in [0.1, 0.15) is 16.7 Å². The second kappa shape index (κ2) is 9.58. The van der Waals surface area contributed by atoms with Gasteiger partial charge in [0.05, 0.1) is 5.69 Å². The van der Waals surface area contributed by atoms with Crippen LogP contribution < -0.4 is 11.2 Å². The quantitative estimate of drug-likeness (QED) is 0.588. The summed E-state index contributed by atoms with van der Waals surface area (Å²) in [6.45, 7) is 3.92. The number of aliphatic imine (C=N–C) groups is 1. The van der Waals surface area contributed by atoms with E-state index in [1.54, 1.807) is 0 Å². The Hall–Kier alpha value is -3.13. The number of aryl methyl sites for hydroxylation is 1. The second-order valence-corrected chi connectivity index (χ2v) is 7.42. The highest BCUT2D eigenvalue weighted by molar-refractivity contribution is 5.82. The molecule has 3 N–H and O–H groups in total. The Balaban J connectivity index is 1.52. The van der Waals surface area contributed by atoms with Crippen LogP contribution in [0.2, 0.25) is 0 Å². The van der Waals surface area contributed by atoms with E-state index in [1.807, 2.05) is 23.2 Å². The van der Waals surface area contributed by atoms with Gasteiger partial charge >= 0.3 is 0 Å². The van der Waals surface area contributed by atoms with E-state index in [4.69, 9.17) is 20.6 Å². The fourth-order valence-corrected chi connectivity index (χ4v) is 3.32. The Bertz CT molecular complexity index is 935. The number of nitrogens with zero attached hydrogens (tertiary/aromatic N) is 3. The Morgan fingerprint density at radius 2 is 1.73 bits per heavy atom. The molecule has 7 heteroatoms. The SMILES string of the molecule is Cc1ccc(CN2COOCN(N)/C2=N\c2ccc(CC3=CCNC=C3)cc2)cc1. The average Bonchev–Trinajstić information content (AvgIpc) is 2.93. The molecule has 0 radical (unpaired) electrons. The highest BCUT2D eigenvalue weighted by Crippen LogP contribution is 2.19. The standard InChI is InChI=1S/C23H27N5O2/c1-18-2-4-21(5-3-18)15-27-16-29-30-17-28(24)23(27)26-22-8-6-19(7-9-22)14-20-10-12-25-13-11-20/h2-12,25H,13-17,24H2,1H3/b26-23-. The van der Waals surface area contributed by atoms with Crippen molar-refractivity contribution in [3.63, 3.8) is 0 Å². The van der Waals surface area contributed by atoms with E-state index in [1.165, 1.54) is 21.7 Å². The van der Waals surface area contributed by atoms with E-state index in [9.17, 15) is 0 Å². The van der Waals surface area contributed by atoms with Gasteiger partial charge in [0, 0.05) is 13.1 Å². The molecule has 2 aromatic rings. The Morgan fingerprint density at radius 3 is 2.47 bits per heavy atom. The van der Waals surface area contributed by atoms with Crippen LogP contribution in [-0.4, -0.2) is 35.9 Å². The Morgan fingerprint density at radius 1 is 1.00 bits per heavy atom. The first kappa shape index (κ1) is 20.2. The van der Waals surface area contributed by atoms with Crippen molar-refractivity contribution in [3.05, 3.63) is 89.1 Å². The summed E-state index contributed by atoms with van der Waals surface area (Å²) in [5.74, 6) is 6.79. The van der Waals surface area contributed by atoms with Crippen molar-refractivity contribution >= 4 is 11.6 Å². The summed E-state index contributed by atoms with van der Waals surface area (Å²) in [6, 6.07) is 16.6. The summed E-state index contributed by atoms with van der Waals surface area (Å²) in [5.41, 5.74) is 5.74. The molecule has 7 nitrogen and oxygen atoms in total. The number of dihydropyridines is 1. The third-order valence-corrected chi connectivity index (χ3v) is 4.99. The largest absolute Gasteiger partial charge is 0.387 e. The van der Waals surface area contributed by atoms with Crippen molar-refractivity contribution < 1.29 is 9.78 Å². The van der Waals surface area contributed by atoms with Crippen molar-refractivity contribution in [2.75, 3.05) is 20.0 Å². The minimum Gasteiger partial charge on any atom is -0.387 e. The van der Waals surface area contributed by atoms with Crippen LogP contribution in [0.3, 0.4) is 0 Å². The molecule has 0 amide bonds. The Labute approximate surface area is 177 Å². The number of hydrogen-bond acceptors (Lipinski definition) is 5. The van der Waals surface area contributed by atoms with Gasteiger partial charge in [-0.2, -0.15) is 0 Å².